The fourth-order valence-corrected chi connectivity index (χ4v) is 4.03. The van der Waals surface area contributed by atoms with E-state index >= 15 is 0 Å². The molecule has 6 nitrogen and oxygen atoms in total. The Hall–Kier alpha value is -2.12. The predicted molar refractivity (Wildman–Crippen MR) is 87.9 cm³/mol. The third kappa shape index (κ3) is 1.68. The van der Waals surface area contributed by atoms with Gasteiger partial charge in [0.1, 0.15) is 11.3 Å². The molecule has 1 saturated carbocycles. The standard InChI is InChI=1S/C17H17ClN4O2/c1-3-23-17(24-4-2)16(10-20)13(11-5-7-12(18)8-6-11)15(16,9-19)14(21)22-17/h5-8,13H,3-4H2,1-2H3,(H2,21,22)/t13-,15-,16-/m1/s1. The predicted octanol–water partition coefficient (Wildman–Crippen LogP) is 2.55. The highest BCUT2D eigenvalue weighted by Crippen LogP contribution is 2.81. The summed E-state index contributed by atoms with van der Waals surface area (Å²) in [6.45, 7) is 4.11. The fourth-order valence-electron chi connectivity index (χ4n) is 3.90. The molecule has 1 heterocycles. The van der Waals surface area contributed by atoms with Crippen LogP contribution in [-0.4, -0.2) is 25.0 Å². The number of halogens is 1. The fraction of sp³-hybridized carbons (Fsp3) is 0.471. The average Bonchev–Trinajstić information content (AvgIpc) is 3.15. The summed E-state index contributed by atoms with van der Waals surface area (Å²) >= 11 is 5.95. The van der Waals surface area contributed by atoms with Crippen LogP contribution in [0, 0.1) is 33.5 Å². The van der Waals surface area contributed by atoms with Gasteiger partial charge in [-0.1, -0.05) is 23.7 Å². The summed E-state index contributed by atoms with van der Waals surface area (Å²) in [4.78, 5) is 4.29. The second kappa shape index (κ2) is 5.46. The molecule has 0 saturated heterocycles. The zero-order valence-electron chi connectivity index (χ0n) is 13.4. The lowest BCUT2D eigenvalue weighted by molar-refractivity contribution is -0.255. The molecule has 3 atom stereocenters. The lowest BCUT2D eigenvalue weighted by atomic mass is 9.93. The van der Waals surface area contributed by atoms with Crippen molar-refractivity contribution in [1.29, 1.82) is 10.5 Å². The lowest BCUT2D eigenvalue weighted by Gasteiger charge is -2.31. The number of fused-ring (bicyclic) bond motifs is 1. The van der Waals surface area contributed by atoms with Crippen LogP contribution in [0.3, 0.4) is 0 Å². The van der Waals surface area contributed by atoms with E-state index in [2.05, 4.69) is 17.1 Å². The average molecular weight is 345 g/mol. The van der Waals surface area contributed by atoms with Crippen molar-refractivity contribution in [3.63, 3.8) is 0 Å². The Kier molecular flexibility index (Phi) is 3.80. The summed E-state index contributed by atoms with van der Waals surface area (Å²) in [5, 5.41) is 20.5. The molecule has 0 spiro atoms. The Morgan fingerprint density at radius 2 is 1.75 bits per heavy atom. The number of benzene rings is 1. The maximum atomic E-state index is 10.0. The number of hydrogen-bond donors (Lipinski definition) is 1. The molecule has 1 aromatic carbocycles. The van der Waals surface area contributed by atoms with Crippen LogP contribution in [0.2, 0.25) is 5.02 Å². The minimum absolute atomic E-state index is 0.0772. The van der Waals surface area contributed by atoms with E-state index in [1.54, 1.807) is 38.1 Å². The van der Waals surface area contributed by atoms with Crippen molar-refractivity contribution in [2.75, 3.05) is 13.2 Å². The maximum Gasteiger partial charge on any atom is 0.293 e. The molecule has 0 amide bonds. The quantitative estimate of drug-likeness (QED) is 0.826. The van der Waals surface area contributed by atoms with E-state index in [0.717, 1.165) is 5.56 Å². The molecular formula is C17H17ClN4O2. The van der Waals surface area contributed by atoms with E-state index < -0.39 is 22.7 Å². The van der Waals surface area contributed by atoms with E-state index in [-0.39, 0.29) is 19.0 Å². The van der Waals surface area contributed by atoms with E-state index in [0.29, 0.717) is 5.02 Å². The summed E-state index contributed by atoms with van der Waals surface area (Å²) in [5.74, 6) is -1.99. The zero-order chi connectivity index (χ0) is 17.6. The highest BCUT2D eigenvalue weighted by Gasteiger charge is 2.93. The number of nitrogens with zero attached hydrogens (tertiary/aromatic N) is 3. The number of nitriles is 2. The van der Waals surface area contributed by atoms with Crippen LogP contribution in [0.5, 0.6) is 0 Å². The van der Waals surface area contributed by atoms with Gasteiger partial charge >= 0.3 is 0 Å². The Labute approximate surface area is 145 Å². The van der Waals surface area contributed by atoms with Gasteiger partial charge in [-0.2, -0.15) is 10.5 Å². The van der Waals surface area contributed by atoms with Gasteiger partial charge in [-0.3, -0.25) is 0 Å². The molecular weight excluding hydrogens is 328 g/mol. The smallest absolute Gasteiger partial charge is 0.293 e. The molecule has 3 rings (SSSR count). The summed E-state index contributed by atoms with van der Waals surface area (Å²) in [5.41, 5.74) is 4.31. The topological polar surface area (TPSA) is 104 Å². The molecule has 1 aliphatic heterocycles. The second-order valence-electron chi connectivity index (χ2n) is 5.77. The monoisotopic (exact) mass is 344 g/mol. The van der Waals surface area contributed by atoms with Gasteiger partial charge < -0.3 is 15.2 Å². The van der Waals surface area contributed by atoms with Crippen molar-refractivity contribution >= 4 is 17.4 Å². The van der Waals surface area contributed by atoms with Gasteiger partial charge in [-0.25, -0.2) is 4.99 Å². The molecule has 124 valence electrons. The number of rotatable bonds is 5. The highest BCUT2D eigenvalue weighted by molar-refractivity contribution is 6.30. The van der Waals surface area contributed by atoms with Gasteiger partial charge in [0, 0.05) is 24.2 Å². The third-order valence-corrected chi connectivity index (χ3v) is 5.06. The summed E-state index contributed by atoms with van der Waals surface area (Å²) < 4.78 is 11.5. The van der Waals surface area contributed by atoms with E-state index in [1.807, 2.05) is 0 Å². The molecule has 0 unspecified atom stereocenters. The SMILES string of the molecule is CCOC1(OCC)N=C(N)[C@@]2(C#N)[C@@H](c3ccc(Cl)cc3)[C@@]12C#N. The molecule has 2 aliphatic rings. The Morgan fingerprint density at radius 3 is 2.21 bits per heavy atom. The first-order chi connectivity index (χ1) is 11.5. The zero-order valence-corrected chi connectivity index (χ0v) is 14.2. The van der Waals surface area contributed by atoms with Gasteiger partial charge in [-0.05, 0) is 31.5 Å². The summed E-state index contributed by atoms with van der Waals surface area (Å²) in [6, 6.07) is 11.5. The molecule has 0 aromatic heterocycles. The van der Waals surface area contributed by atoms with Crippen LogP contribution in [0.4, 0.5) is 0 Å². The normalized spacial score (nSPS) is 32.4. The molecule has 24 heavy (non-hydrogen) atoms. The highest BCUT2D eigenvalue weighted by atomic mass is 35.5. The molecule has 7 heteroatoms. The Balaban J connectivity index is 2.21. The lowest BCUT2D eigenvalue weighted by Crippen LogP contribution is -2.43. The van der Waals surface area contributed by atoms with Crippen LogP contribution >= 0.6 is 11.6 Å². The first-order valence-corrected chi connectivity index (χ1v) is 8.09. The molecule has 2 N–H and O–H groups in total. The van der Waals surface area contributed by atoms with Crippen molar-refractivity contribution in [2.45, 2.75) is 25.7 Å². The Morgan fingerprint density at radius 1 is 1.17 bits per heavy atom. The van der Waals surface area contributed by atoms with E-state index in [9.17, 15) is 10.5 Å². The largest absolute Gasteiger partial charge is 0.386 e. The van der Waals surface area contributed by atoms with E-state index in [4.69, 9.17) is 26.8 Å². The first-order valence-electron chi connectivity index (χ1n) is 7.71. The summed E-state index contributed by atoms with van der Waals surface area (Å²) in [7, 11) is 0. The third-order valence-electron chi connectivity index (χ3n) is 4.81. The molecule has 1 fully saturated rings. The van der Waals surface area contributed by atoms with Gasteiger partial charge in [0.15, 0.2) is 5.41 Å². The number of amidine groups is 1. The number of nitrogens with two attached hydrogens (primary N) is 1. The van der Waals surface area contributed by atoms with Gasteiger partial charge in [0.2, 0.25) is 0 Å². The second-order valence-corrected chi connectivity index (χ2v) is 6.21. The first kappa shape index (κ1) is 16.7. The van der Waals surface area contributed by atoms with Crippen LogP contribution in [0.15, 0.2) is 29.3 Å². The van der Waals surface area contributed by atoms with Crippen molar-refractivity contribution in [2.24, 2.45) is 21.6 Å². The molecule has 1 aliphatic carbocycles. The minimum atomic E-state index is -1.57. The minimum Gasteiger partial charge on any atom is -0.386 e. The van der Waals surface area contributed by atoms with Crippen LogP contribution in [0.25, 0.3) is 0 Å². The number of hydrogen-bond acceptors (Lipinski definition) is 6. The van der Waals surface area contributed by atoms with Crippen molar-refractivity contribution in [1.82, 2.24) is 0 Å². The van der Waals surface area contributed by atoms with Crippen LogP contribution in [-0.2, 0) is 9.47 Å². The summed E-state index contributed by atoms with van der Waals surface area (Å²) in [6.07, 6.45) is 0. The van der Waals surface area contributed by atoms with Crippen LogP contribution in [0.1, 0.15) is 25.3 Å². The number of aliphatic imine (C=N–C) groups is 1. The van der Waals surface area contributed by atoms with Crippen molar-refractivity contribution in [3.05, 3.63) is 34.9 Å². The molecule has 1 aromatic rings. The number of ether oxygens (including phenoxy) is 2. The van der Waals surface area contributed by atoms with Crippen molar-refractivity contribution < 1.29 is 9.47 Å². The van der Waals surface area contributed by atoms with Gasteiger partial charge in [0.25, 0.3) is 5.91 Å². The molecule has 0 radical (unpaired) electrons. The Bertz CT molecular complexity index is 773. The molecule has 0 bridgehead atoms. The van der Waals surface area contributed by atoms with Gasteiger partial charge in [0.05, 0.1) is 12.1 Å². The van der Waals surface area contributed by atoms with Crippen LogP contribution < -0.4 is 5.73 Å². The van der Waals surface area contributed by atoms with E-state index in [1.165, 1.54) is 0 Å². The maximum absolute atomic E-state index is 10.0. The van der Waals surface area contributed by atoms with Gasteiger partial charge in [-0.15, -0.1) is 0 Å². The van der Waals surface area contributed by atoms with Crippen molar-refractivity contribution in [3.8, 4) is 12.1 Å².